The Morgan fingerprint density at radius 3 is 2.63 bits per heavy atom. The summed E-state index contributed by atoms with van der Waals surface area (Å²) in [4.78, 5) is 42.2. The first-order valence-electron chi connectivity index (χ1n) is 13.6. The molecule has 2 fully saturated rings. The van der Waals surface area contributed by atoms with Crippen molar-refractivity contribution < 1.29 is 19.1 Å². The van der Waals surface area contributed by atoms with Gasteiger partial charge in [-0.05, 0) is 75.6 Å². The van der Waals surface area contributed by atoms with Crippen molar-refractivity contribution in [1.82, 2.24) is 25.1 Å². The van der Waals surface area contributed by atoms with Gasteiger partial charge in [0.2, 0.25) is 11.8 Å². The summed E-state index contributed by atoms with van der Waals surface area (Å²) in [5.74, 6) is 0.742. The van der Waals surface area contributed by atoms with Gasteiger partial charge < -0.3 is 29.9 Å². The predicted molar refractivity (Wildman–Crippen MR) is 152 cm³/mol. The van der Waals surface area contributed by atoms with Crippen molar-refractivity contribution in [2.75, 3.05) is 39.6 Å². The molecule has 1 saturated heterocycles. The third-order valence-electron chi connectivity index (χ3n) is 8.24. The molecule has 3 aliphatic rings. The van der Waals surface area contributed by atoms with Gasteiger partial charge in [0.05, 0.1) is 30.5 Å². The van der Waals surface area contributed by atoms with E-state index in [1.54, 1.807) is 29.2 Å². The molecule has 2 aromatic carbocycles. The summed E-state index contributed by atoms with van der Waals surface area (Å²) in [6.45, 7) is 9.49. The van der Waals surface area contributed by atoms with Crippen LogP contribution in [0.15, 0.2) is 42.6 Å². The molecular weight excluding hydrogens is 522 g/mol. The Labute approximate surface area is 238 Å². The first-order valence-corrected chi connectivity index (χ1v) is 13.6. The summed E-state index contributed by atoms with van der Waals surface area (Å²) >= 11 is 0. The smallest absolute Gasteiger partial charge is 0.265 e. The second kappa shape index (κ2) is 10.4. The van der Waals surface area contributed by atoms with E-state index in [-0.39, 0.29) is 40.9 Å². The van der Waals surface area contributed by atoms with Gasteiger partial charge in [-0.25, -0.2) is 9.83 Å². The molecule has 3 heterocycles. The zero-order valence-electron chi connectivity index (χ0n) is 23.2. The topological polar surface area (TPSA) is 113 Å². The van der Waals surface area contributed by atoms with Gasteiger partial charge in [-0.15, -0.1) is 0 Å². The normalized spacial score (nSPS) is 17.6. The van der Waals surface area contributed by atoms with Crippen LogP contribution < -0.4 is 20.1 Å². The summed E-state index contributed by atoms with van der Waals surface area (Å²) < 4.78 is 11.7. The maximum Gasteiger partial charge on any atom is 0.265 e. The molecule has 41 heavy (non-hydrogen) atoms. The Bertz CT molecular complexity index is 1570. The first kappa shape index (κ1) is 26.5. The van der Waals surface area contributed by atoms with Crippen LogP contribution in [0.25, 0.3) is 4.85 Å². The fraction of sp³-hybridized carbons (Fsp3) is 0.367. The number of nitrogens with one attached hydrogen (secondary N) is 2. The molecule has 1 spiro atoms. The highest BCUT2D eigenvalue weighted by Crippen LogP contribution is 2.57. The van der Waals surface area contributed by atoms with Gasteiger partial charge in [0.15, 0.2) is 0 Å². The average molecular weight is 554 g/mol. The molecule has 0 radical (unpaired) electrons. The average Bonchev–Trinajstić information content (AvgIpc) is 3.76. The lowest BCUT2D eigenvalue weighted by Gasteiger charge is -2.29. The highest BCUT2D eigenvalue weighted by atomic mass is 16.5. The molecule has 2 N–H and O–H groups in total. The van der Waals surface area contributed by atoms with E-state index in [4.69, 9.17) is 16.0 Å². The molecule has 0 atom stereocenters. The van der Waals surface area contributed by atoms with Crippen molar-refractivity contribution in [1.29, 1.82) is 0 Å². The molecule has 0 bridgehead atoms. The summed E-state index contributed by atoms with van der Waals surface area (Å²) in [6, 6.07) is 10.8. The van der Waals surface area contributed by atoms with Gasteiger partial charge in [0, 0.05) is 24.8 Å². The second-order valence-electron chi connectivity index (χ2n) is 10.8. The maximum atomic E-state index is 13.1. The van der Waals surface area contributed by atoms with Crippen molar-refractivity contribution >= 4 is 29.1 Å². The summed E-state index contributed by atoms with van der Waals surface area (Å²) in [7, 11) is 5.42. The quantitative estimate of drug-likeness (QED) is 0.412. The molecule has 1 saturated carbocycles. The van der Waals surface area contributed by atoms with Gasteiger partial charge in [-0.1, -0.05) is 12.1 Å². The number of aromatic nitrogens is 2. The van der Waals surface area contributed by atoms with Crippen LogP contribution >= 0.6 is 0 Å². The number of methoxy groups -OCH3 is 1. The van der Waals surface area contributed by atoms with E-state index < -0.39 is 0 Å². The molecule has 210 valence electrons. The molecule has 1 aliphatic carbocycles. The molecule has 0 unspecified atom stereocenters. The lowest BCUT2D eigenvalue weighted by atomic mass is 10.0. The molecule has 1 aromatic heterocycles. The maximum absolute atomic E-state index is 13.1. The van der Waals surface area contributed by atoms with Crippen LogP contribution in [0, 0.1) is 6.57 Å². The van der Waals surface area contributed by atoms with E-state index >= 15 is 0 Å². The Kier molecular flexibility index (Phi) is 6.71. The standard InChI is InChI=1S/C30H31N7O4/c1-31-22-17-32-29(35-27(22)41-23-7-5-6-20-25(23)28(39)37(3)30(20)12-13-30)34-21-9-8-18(16-24(21)40-4)26(38)33-19-10-14-36(2)15-11-19/h5-9,16-17,19H,10-15H2,2-4H3,(H,33,38)(H,32,34,35). The Morgan fingerprint density at radius 1 is 1.15 bits per heavy atom. The molecular formula is C30H31N7O4. The highest BCUT2D eigenvalue weighted by molar-refractivity contribution is 6.03. The Balaban J connectivity index is 1.22. The molecule has 11 nitrogen and oxygen atoms in total. The number of ether oxygens (including phenoxy) is 2. The van der Waals surface area contributed by atoms with E-state index in [2.05, 4.69) is 37.4 Å². The van der Waals surface area contributed by atoms with Crippen molar-refractivity contribution in [2.45, 2.75) is 37.3 Å². The van der Waals surface area contributed by atoms with E-state index in [1.807, 2.05) is 19.2 Å². The third-order valence-corrected chi connectivity index (χ3v) is 8.24. The van der Waals surface area contributed by atoms with E-state index in [0.717, 1.165) is 44.3 Å². The van der Waals surface area contributed by atoms with E-state index in [9.17, 15) is 9.59 Å². The predicted octanol–water partition coefficient (Wildman–Crippen LogP) is 4.47. The number of carbonyl (C=O) groups excluding carboxylic acids is 2. The summed E-state index contributed by atoms with van der Waals surface area (Å²) in [5.41, 5.74) is 2.34. The monoisotopic (exact) mass is 553 g/mol. The number of hydrogen-bond acceptors (Lipinski definition) is 8. The van der Waals surface area contributed by atoms with Crippen molar-refractivity contribution in [3.8, 4) is 17.4 Å². The number of hydrogen-bond donors (Lipinski definition) is 2. The second-order valence-corrected chi connectivity index (χ2v) is 10.8. The van der Waals surface area contributed by atoms with Crippen molar-refractivity contribution in [3.05, 3.63) is 70.7 Å². The number of amides is 2. The number of likely N-dealkylation sites (tertiary alicyclic amines) is 1. The SMILES string of the molecule is [C-]#[N+]c1cnc(Nc2ccc(C(=O)NC3CCN(C)CC3)cc2OC)nc1Oc1cccc2c1C(=O)N(C)C21CC1. The van der Waals surface area contributed by atoms with E-state index in [1.165, 1.54) is 13.3 Å². The molecule has 6 rings (SSSR count). The van der Waals surface area contributed by atoms with Crippen LogP contribution in [0.3, 0.4) is 0 Å². The fourth-order valence-electron chi connectivity index (χ4n) is 5.64. The highest BCUT2D eigenvalue weighted by Gasteiger charge is 2.57. The lowest BCUT2D eigenvalue weighted by molar-refractivity contribution is 0.0753. The van der Waals surface area contributed by atoms with Gasteiger partial charge >= 0.3 is 0 Å². The van der Waals surface area contributed by atoms with Crippen LogP contribution in [-0.2, 0) is 5.54 Å². The first-order chi connectivity index (χ1) is 19.8. The summed E-state index contributed by atoms with van der Waals surface area (Å²) in [5, 5.41) is 6.22. The van der Waals surface area contributed by atoms with Crippen LogP contribution in [0.1, 0.15) is 52.0 Å². The van der Waals surface area contributed by atoms with Crippen molar-refractivity contribution in [2.24, 2.45) is 0 Å². The molecule has 2 aliphatic heterocycles. The van der Waals surface area contributed by atoms with Crippen molar-refractivity contribution in [3.63, 3.8) is 0 Å². The number of rotatable bonds is 7. The van der Waals surface area contributed by atoms with E-state index in [0.29, 0.717) is 28.3 Å². The Hall–Kier alpha value is -4.69. The summed E-state index contributed by atoms with van der Waals surface area (Å²) in [6.07, 6.45) is 5.03. The third kappa shape index (κ3) is 4.80. The number of nitrogens with zero attached hydrogens (tertiary/aromatic N) is 5. The zero-order valence-corrected chi connectivity index (χ0v) is 23.2. The number of piperidine rings is 1. The molecule has 3 aromatic rings. The fourth-order valence-corrected chi connectivity index (χ4v) is 5.64. The number of fused-ring (bicyclic) bond motifs is 2. The minimum absolute atomic E-state index is 0.0335. The number of carbonyl (C=O) groups is 2. The van der Waals surface area contributed by atoms with Crippen LogP contribution in [0.2, 0.25) is 0 Å². The van der Waals surface area contributed by atoms with Crippen LogP contribution in [0.4, 0.5) is 17.3 Å². The largest absolute Gasteiger partial charge is 0.495 e. The molecule has 11 heteroatoms. The number of anilines is 2. The van der Waals surface area contributed by atoms with Gasteiger partial charge in [-0.3, -0.25) is 9.59 Å². The molecule has 2 amide bonds. The lowest BCUT2D eigenvalue weighted by Crippen LogP contribution is -2.43. The van der Waals surface area contributed by atoms with Gasteiger partial charge in [0.25, 0.3) is 17.5 Å². The van der Waals surface area contributed by atoms with Gasteiger partial charge in [-0.2, -0.15) is 4.98 Å². The number of benzene rings is 2. The zero-order chi connectivity index (χ0) is 28.7. The van der Waals surface area contributed by atoms with Crippen LogP contribution in [-0.4, -0.2) is 71.9 Å². The Morgan fingerprint density at radius 2 is 1.93 bits per heavy atom. The van der Waals surface area contributed by atoms with Crippen LogP contribution in [0.5, 0.6) is 17.4 Å². The minimum Gasteiger partial charge on any atom is -0.495 e. The van der Waals surface area contributed by atoms with Gasteiger partial charge in [0.1, 0.15) is 11.5 Å². The minimum atomic E-state index is -0.250.